The Hall–Kier alpha value is -1.42. The molecule has 0 aliphatic heterocycles. The third-order valence-corrected chi connectivity index (χ3v) is 3.92. The first-order chi connectivity index (χ1) is 9.73. The van der Waals surface area contributed by atoms with Crippen LogP contribution in [0.2, 0.25) is 0 Å². The van der Waals surface area contributed by atoms with Crippen LogP contribution in [-0.2, 0) is 6.54 Å². The molecular formula is C16H25NO3. The van der Waals surface area contributed by atoms with E-state index in [9.17, 15) is 0 Å². The highest BCUT2D eigenvalue weighted by molar-refractivity contribution is 5.50. The highest BCUT2D eigenvalue weighted by atomic mass is 16.5. The minimum Gasteiger partial charge on any atom is -0.496 e. The predicted molar refractivity (Wildman–Crippen MR) is 79.7 cm³/mol. The van der Waals surface area contributed by atoms with Crippen molar-refractivity contribution in [1.29, 1.82) is 0 Å². The molecule has 0 saturated heterocycles. The van der Waals surface area contributed by atoms with E-state index >= 15 is 0 Å². The van der Waals surface area contributed by atoms with Crippen LogP contribution in [0.4, 0.5) is 0 Å². The number of methoxy groups -OCH3 is 3. The highest BCUT2D eigenvalue weighted by Gasteiger charge is 2.35. The number of rotatable bonds is 8. The first kappa shape index (κ1) is 15.0. The van der Waals surface area contributed by atoms with Crippen LogP contribution in [0.25, 0.3) is 0 Å². The van der Waals surface area contributed by atoms with Gasteiger partial charge in [-0.15, -0.1) is 0 Å². The van der Waals surface area contributed by atoms with Crippen molar-refractivity contribution in [3.05, 3.63) is 17.7 Å². The molecule has 0 heterocycles. The van der Waals surface area contributed by atoms with Crippen LogP contribution in [0.3, 0.4) is 0 Å². The molecule has 1 aromatic carbocycles. The van der Waals surface area contributed by atoms with Crippen LogP contribution in [-0.4, -0.2) is 27.4 Å². The fraction of sp³-hybridized carbons (Fsp3) is 0.625. The van der Waals surface area contributed by atoms with Gasteiger partial charge >= 0.3 is 0 Å². The minimum absolute atomic E-state index is 0.660. The zero-order chi connectivity index (χ0) is 14.5. The molecule has 0 aromatic heterocycles. The Balaban J connectivity index is 2.03. The maximum atomic E-state index is 5.44. The lowest BCUT2D eigenvalue weighted by Crippen LogP contribution is -2.18. The fourth-order valence-electron chi connectivity index (χ4n) is 2.66. The molecule has 1 saturated carbocycles. The molecule has 0 bridgehead atoms. The maximum Gasteiger partial charge on any atom is 0.164 e. The second-order valence-electron chi connectivity index (χ2n) is 5.29. The largest absolute Gasteiger partial charge is 0.496 e. The van der Waals surface area contributed by atoms with Gasteiger partial charge < -0.3 is 19.5 Å². The van der Waals surface area contributed by atoms with E-state index in [0.717, 1.165) is 29.5 Å². The van der Waals surface area contributed by atoms with Crippen molar-refractivity contribution in [1.82, 2.24) is 5.32 Å². The molecule has 2 atom stereocenters. The normalized spacial score (nSPS) is 20.6. The van der Waals surface area contributed by atoms with Crippen molar-refractivity contribution >= 4 is 0 Å². The van der Waals surface area contributed by atoms with E-state index in [2.05, 4.69) is 12.2 Å². The lowest BCUT2D eigenvalue weighted by atomic mass is 10.1. The lowest BCUT2D eigenvalue weighted by molar-refractivity contribution is 0.347. The Bertz CT molecular complexity index is 448. The second kappa shape index (κ2) is 6.84. The first-order valence-corrected chi connectivity index (χ1v) is 7.25. The highest BCUT2D eigenvalue weighted by Crippen LogP contribution is 2.37. The number of nitrogens with one attached hydrogen (secondary N) is 1. The Morgan fingerprint density at radius 1 is 1.05 bits per heavy atom. The third kappa shape index (κ3) is 3.37. The summed E-state index contributed by atoms with van der Waals surface area (Å²) < 4.78 is 16.1. The summed E-state index contributed by atoms with van der Waals surface area (Å²) in [4.78, 5) is 0. The molecule has 0 radical (unpaired) electrons. The Morgan fingerprint density at radius 3 is 2.30 bits per heavy atom. The van der Waals surface area contributed by atoms with Crippen LogP contribution >= 0.6 is 0 Å². The summed E-state index contributed by atoms with van der Waals surface area (Å²) in [6.45, 7) is 3.04. The van der Waals surface area contributed by atoms with E-state index in [1.807, 2.05) is 12.1 Å². The van der Waals surface area contributed by atoms with Gasteiger partial charge in [0, 0.05) is 24.2 Å². The SMILES string of the molecule is CCCC1CC1NCc1cc(OC)c(OC)cc1OC. The smallest absolute Gasteiger partial charge is 0.164 e. The Kier molecular flexibility index (Phi) is 5.12. The standard InChI is InChI=1S/C16H25NO3/c1-5-6-11-7-13(11)17-10-12-8-15(19-3)16(20-4)9-14(12)18-2/h8-9,11,13,17H,5-7,10H2,1-4H3. The van der Waals surface area contributed by atoms with Crippen molar-refractivity contribution in [3.8, 4) is 17.2 Å². The predicted octanol–water partition coefficient (Wildman–Crippen LogP) is 2.99. The van der Waals surface area contributed by atoms with Gasteiger partial charge in [0.1, 0.15) is 5.75 Å². The summed E-state index contributed by atoms with van der Waals surface area (Å²) in [5.74, 6) is 3.13. The maximum absolute atomic E-state index is 5.44. The van der Waals surface area contributed by atoms with Crippen molar-refractivity contribution in [2.24, 2.45) is 5.92 Å². The van der Waals surface area contributed by atoms with Crippen molar-refractivity contribution in [3.63, 3.8) is 0 Å². The Labute approximate surface area is 121 Å². The van der Waals surface area contributed by atoms with Crippen LogP contribution in [0.15, 0.2) is 12.1 Å². The van der Waals surface area contributed by atoms with E-state index in [4.69, 9.17) is 14.2 Å². The number of hydrogen-bond donors (Lipinski definition) is 1. The lowest BCUT2D eigenvalue weighted by Gasteiger charge is -2.14. The second-order valence-corrected chi connectivity index (χ2v) is 5.29. The summed E-state index contributed by atoms with van der Waals surface area (Å²) in [6.07, 6.45) is 3.88. The molecule has 4 nitrogen and oxygen atoms in total. The molecule has 1 aromatic rings. The summed E-state index contributed by atoms with van der Waals surface area (Å²) in [7, 11) is 4.97. The van der Waals surface area contributed by atoms with E-state index in [1.165, 1.54) is 19.3 Å². The number of benzene rings is 1. The summed E-state index contributed by atoms with van der Waals surface area (Å²) in [5, 5.41) is 3.59. The number of ether oxygens (including phenoxy) is 3. The first-order valence-electron chi connectivity index (χ1n) is 7.25. The minimum atomic E-state index is 0.660. The molecule has 2 unspecified atom stereocenters. The monoisotopic (exact) mass is 279 g/mol. The number of hydrogen-bond acceptors (Lipinski definition) is 4. The third-order valence-electron chi connectivity index (χ3n) is 3.92. The molecule has 2 rings (SSSR count). The van der Waals surface area contributed by atoms with Crippen LogP contribution in [0.1, 0.15) is 31.7 Å². The average Bonchev–Trinajstić information content (AvgIpc) is 3.22. The fourth-order valence-corrected chi connectivity index (χ4v) is 2.66. The van der Waals surface area contributed by atoms with E-state index in [0.29, 0.717) is 11.8 Å². The molecule has 1 fully saturated rings. The Morgan fingerprint density at radius 2 is 1.70 bits per heavy atom. The summed E-state index contributed by atoms with van der Waals surface area (Å²) >= 11 is 0. The summed E-state index contributed by atoms with van der Waals surface area (Å²) in [6, 6.07) is 4.53. The molecule has 4 heteroatoms. The molecule has 20 heavy (non-hydrogen) atoms. The van der Waals surface area contributed by atoms with Gasteiger partial charge in [-0.1, -0.05) is 13.3 Å². The van der Waals surface area contributed by atoms with Gasteiger partial charge in [-0.3, -0.25) is 0 Å². The van der Waals surface area contributed by atoms with Crippen LogP contribution in [0.5, 0.6) is 17.2 Å². The van der Waals surface area contributed by atoms with Crippen molar-refractivity contribution < 1.29 is 14.2 Å². The van der Waals surface area contributed by atoms with Gasteiger partial charge in [-0.25, -0.2) is 0 Å². The molecule has 1 aliphatic rings. The van der Waals surface area contributed by atoms with Crippen molar-refractivity contribution in [2.75, 3.05) is 21.3 Å². The topological polar surface area (TPSA) is 39.7 Å². The van der Waals surface area contributed by atoms with Gasteiger partial charge in [0.25, 0.3) is 0 Å². The van der Waals surface area contributed by atoms with E-state index < -0.39 is 0 Å². The summed E-state index contributed by atoms with van der Waals surface area (Å²) in [5.41, 5.74) is 1.10. The van der Waals surface area contributed by atoms with Gasteiger partial charge in [-0.05, 0) is 24.8 Å². The zero-order valence-corrected chi connectivity index (χ0v) is 12.9. The van der Waals surface area contributed by atoms with E-state index in [-0.39, 0.29) is 0 Å². The van der Waals surface area contributed by atoms with Gasteiger partial charge in [0.2, 0.25) is 0 Å². The molecular weight excluding hydrogens is 254 g/mol. The van der Waals surface area contributed by atoms with Crippen LogP contribution < -0.4 is 19.5 Å². The quantitative estimate of drug-likeness (QED) is 0.794. The van der Waals surface area contributed by atoms with Crippen molar-refractivity contribution in [2.45, 2.75) is 38.8 Å². The molecule has 0 spiro atoms. The molecule has 112 valence electrons. The van der Waals surface area contributed by atoms with Crippen LogP contribution in [0, 0.1) is 5.92 Å². The average molecular weight is 279 g/mol. The van der Waals surface area contributed by atoms with E-state index in [1.54, 1.807) is 21.3 Å². The molecule has 1 aliphatic carbocycles. The van der Waals surface area contributed by atoms with Gasteiger partial charge in [-0.2, -0.15) is 0 Å². The molecule has 1 N–H and O–H groups in total. The zero-order valence-electron chi connectivity index (χ0n) is 12.9. The van der Waals surface area contributed by atoms with Gasteiger partial charge in [0.15, 0.2) is 11.5 Å². The molecule has 0 amide bonds. The van der Waals surface area contributed by atoms with Gasteiger partial charge in [0.05, 0.1) is 21.3 Å².